The van der Waals surface area contributed by atoms with Crippen LogP contribution in [0.4, 0.5) is 0 Å². The summed E-state index contributed by atoms with van der Waals surface area (Å²) in [6.07, 6.45) is 0.616. The summed E-state index contributed by atoms with van der Waals surface area (Å²) in [7, 11) is 0. The first kappa shape index (κ1) is 11.1. The second kappa shape index (κ2) is 5.74. The topological polar surface area (TPSA) is 69.6 Å². The van der Waals surface area contributed by atoms with Gasteiger partial charge >= 0.3 is 5.97 Å². The van der Waals surface area contributed by atoms with Gasteiger partial charge in [-0.25, -0.2) is 4.79 Å². The third kappa shape index (κ3) is 5.88. The molecule has 0 rings (SSSR count). The Labute approximate surface area is 71.9 Å². The maximum atomic E-state index is 10.1. The van der Waals surface area contributed by atoms with Crippen LogP contribution in [0.1, 0.15) is 13.8 Å². The van der Waals surface area contributed by atoms with Gasteiger partial charge in [-0.15, -0.1) is 0 Å². The lowest BCUT2D eigenvalue weighted by Gasteiger charge is -2.04. The van der Waals surface area contributed by atoms with Gasteiger partial charge in [0.15, 0.2) is 6.10 Å². The van der Waals surface area contributed by atoms with E-state index in [0.717, 1.165) is 5.57 Å². The fraction of sp³-hybridized carbons (Fsp3) is 0.625. The molecule has 3 N–H and O–H groups in total. The maximum Gasteiger partial charge on any atom is 0.333 e. The number of hydrogen-bond donors (Lipinski definition) is 3. The third-order valence-electron chi connectivity index (χ3n) is 1.28. The number of carboxylic acids is 1. The number of hydrogen-bond acceptors (Lipinski definition) is 3. The molecule has 0 heterocycles. The first-order valence-corrected chi connectivity index (χ1v) is 3.79. The average molecular weight is 173 g/mol. The highest BCUT2D eigenvalue weighted by molar-refractivity contribution is 5.72. The lowest BCUT2D eigenvalue weighted by Crippen LogP contribution is -2.33. The van der Waals surface area contributed by atoms with Gasteiger partial charge in [-0.1, -0.05) is 11.6 Å². The van der Waals surface area contributed by atoms with E-state index in [1.54, 1.807) is 0 Å². The van der Waals surface area contributed by atoms with E-state index in [-0.39, 0.29) is 6.54 Å². The Kier molecular flexibility index (Phi) is 5.32. The lowest BCUT2D eigenvalue weighted by molar-refractivity contribution is -0.146. The van der Waals surface area contributed by atoms with Gasteiger partial charge in [-0.2, -0.15) is 0 Å². The quantitative estimate of drug-likeness (QED) is 0.404. The molecule has 0 saturated heterocycles. The molecule has 0 aliphatic heterocycles. The van der Waals surface area contributed by atoms with E-state index in [9.17, 15) is 4.79 Å². The van der Waals surface area contributed by atoms with Crippen molar-refractivity contribution in [1.29, 1.82) is 0 Å². The van der Waals surface area contributed by atoms with Gasteiger partial charge in [0.05, 0.1) is 0 Å². The standard InChI is InChI=1S/C8H15NO3/c1-6(2)3-4-9-5-7(10)8(11)12/h3,7,9-10H,4-5H2,1-2H3,(H,11,12). The largest absolute Gasteiger partial charge is 0.479 e. The Morgan fingerprint density at radius 2 is 2.17 bits per heavy atom. The van der Waals surface area contributed by atoms with Crippen LogP contribution in [0.15, 0.2) is 11.6 Å². The number of allylic oxidation sites excluding steroid dienone is 1. The van der Waals surface area contributed by atoms with Crippen molar-refractivity contribution in [2.75, 3.05) is 13.1 Å². The molecular formula is C8H15NO3. The number of rotatable bonds is 5. The highest BCUT2D eigenvalue weighted by atomic mass is 16.4. The monoisotopic (exact) mass is 173 g/mol. The first-order chi connectivity index (χ1) is 5.54. The summed E-state index contributed by atoms with van der Waals surface area (Å²) in [6.45, 7) is 4.58. The van der Waals surface area contributed by atoms with Crippen molar-refractivity contribution in [3.05, 3.63) is 11.6 Å². The normalized spacial score (nSPS) is 12.2. The van der Waals surface area contributed by atoms with Crippen LogP contribution in [-0.4, -0.2) is 35.4 Å². The van der Waals surface area contributed by atoms with Crippen molar-refractivity contribution in [3.63, 3.8) is 0 Å². The summed E-state index contributed by atoms with van der Waals surface area (Å²) in [4.78, 5) is 10.1. The van der Waals surface area contributed by atoms with Crippen LogP contribution in [0.3, 0.4) is 0 Å². The van der Waals surface area contributed by atoms with Crippen LogP contribution >= 0.6 is 0 Å². The highest BCUT2D eigenvalue weighted by Gasteiger charge is 2.10. The molecule has 0 spiro atoms. The van der Waals surface area contributed by atoms with Crippen molar-refractivity contribution in [2.45, 2.75) is 20.0 Å². The van der Waals surface area contributed by atoms with Crippen molar-refractivity contribution in [1.82, 2.24) is 5.32 Å². The summed E-state index contributed by atoms with van der Waals surface area (Å²) in [6, 6.07) is 0. The number of nitrogens with one attached hydrogen (secondary N) is 1. The Balaban J connectivity index is 3.44. The zero-order valence-electron chi connectivity index (χ0n) is 7.37. The van der Waals surface area contributed by atoms with Crippen LogP contribution in [0, 0.1) is 0 Å². The summed E-state index contributed by atoms with van der Waals surface area (Å²) in [5.41, 5.74) is 1.16. The molecule has 0 aromatic heterocycles. The average Bonchev–Trinajstić information content (AvgIpc) is 1.97. The van der Waals surface area contributed by atoms with Gasteiger partial charge in [0.25, 0.3) is 0 Å². The van der Waals surface area contributed by atoms with Crippen molar-refractivity contribution in [2.24, 2.45) is 0 Å². The van der Waals surface area contributed by atoms with Crippen LogP contribution in [0.2, 0.25) is 0 Å². The van der Waals surface area contributed by atoms with Crippen molar-refractivity contribution in [3.8, 4) is 0 Å². The Morgan fingerprint density at radius 1 is 1.58 bits per heavy atom. The van der Waals surface area contributed by atoms with E-state index in [2.05, 4.69) is 5.32 Å². The fourth-order valence-corrected chi connectivity index (χ4v) is 0.584. The van der Waals surface area contributed by atoms with Crippen molar-refractivity contribution < 1.29 is 15.0 Å². The van der Waals surface area contributed by atoms with Gasteiger partial charge in [-0.3, -0.25) is 0 Å². The van der Waals surface area contributed by atoms with Gasteiger partial charge < -0.3 is 15.5 Å². The minimum Gasteiger partial charge on any atom is -0.479 e. The minimum atomic E-state index is -1.31. The first-order valence-electron chi connectivity index (χ1n) is 3.79. The third-order valence-corrected chi connectivity index (χ3v) is 1.28. The van der Waals surface area contributed by atoms with Crippen LogP contribution in [-0.2, 0) is 4.79 Å². The van der Waals surface area contributed by atoms with Crippen molar-refractivity contribution >= 4 is 5.97 Å². The second-order valence-electron chi connectivity index (χ2n) is 2.79. The number of aliphatic carboxylic acids is 1. The molecule has 0 aliphatic rings. The molecule has 0 fully saturated rings. The van der Waals surface area contributed by atoms with Gasteiger partial charge in [0, 0.05) is 13.1 Å². The van der Waals surface area contributed by atoms with E-state index in [4.69, 9.17) is 10.2 Å². The smallest absolute Gasteiger partial charge is 0.333 e. The molecule has 70 valence electrons. The van der Waals surface area contributed by atoms with Gasteiger partial charge in [0.1, 0.15) is 0 Å². The van der Waals surface area contributed by atoms with E-state index >= 15 is 0 Å². The zero-order chi connectivity index (χ0) is 9.56. The van der Waals surface area contributed by atoms with E-state index < -0.39 is 12.1 Å². The molecule has 0 saturated carbocycles. The van der Waals surface area contributed by atoms with Crippen LogP contribution in [0.5, 0.6) is 0 Å². The Hall–Kier alpha value is -0.870. The molecule has 12 heavy (non-hydrogen) atoms. The molecular weight excluding hydrogens is 158 g/mol. The molecule has 0 aliphatic carbocycles. The molecule has 0 radical (unpaired) electrons. The zero-order valence-corrected chi connectivity index (χ0v) is 7.37. The van der Waals surface area contributed by atoms with Gasteiger partial charge in [0.2, 0.25) is 0 Å². The summed E-state index contributed by atoms with van der Waals surface area (Å²) < 4.78 is 0. The summed E-state index contributed by atoms with van der Waals surface area (Å²) >= 11 is 0. The number of carboxylic acid groups (broad SMARTS) is 1. The summed E-state index contributed by atoms with van der Waals surface area (Å²) in [5, 5.41) is 19.9. The lowest BCUT2D eigenvalue weighted by atomic mass is 10.3. The van der Waals surface area contributed by atoms with Crippen LogP contribution in [0.25, 0.3) is 0 Å². The highest BCUT2D eigenvalue weighted by Crippen LogP contribution is 1.85. The minimum absolute atomic E-state index is 0.0825. The Morgan fingerprint density at radius 3 is 2.58 bits per heavy atom. The van der Waals surface area contributed by atoms with Gasteiger partial charge in [-0.05, 0) is 13.8 Å². The second-order valence-corrected chi connectivity index (χ2v) is 2.79. The van der Waals surface area contributed by atoms with Crippen LogP contribution < -0.4 is 5.32 Å². The molecule has 0 amide bonds. The SMILES string of the molecule is CC(C)=CCNCC(O)C(=O)O. The van der Waals surface area contributed by atoms with E-state index in [1.165, 1.54) is 0 Å². The molecule has 4 nitrogen and oxygen atoms in total. The predicted octanol–water partition coefficient (Wildman–Crippen LogP) is -0.0123. The molecule has 0 bridgehead atoms. The van der Waals surface area contributed by atoms with E-state index in [1.807, 2.05) is 19.9 Å². The van der Waals surface area contributed by atoms with E-state index in [0.29, 0.717) is 6.54 Å². The molecule has 0 aromatic rings. The number of aliphatic hydroxyl groups is 1. The molecule has 1 unspecified atom stereocenters. The maximum absolute atomic E-state index is 10.1. The predicted molar refractivity (Wildman–Crippen MR) is 45.9 cm³/mol. The molecule has 0 aromatic carbocycles. The fourth-order valence-electron chi connectivity index (χ4n) is 0.584. The molecule has 4 heteroatoms. The number of aliphatic hydroxyl groups excluding tert-OH is 1. The number of carbonyl (C=O) groups is 1. The molecule has 1 atom stereocenters. The summed E-state index contributed by atoms with van der Waals surface area (Å²) in [5.74, 6) is -1.19. The Bertz CT molecular complexity index is 173.